The normalized spacial score (nSPS) is 14.3. The van der Waals surface area contributed by atoms with E-state index in [0.29, 0.717) is 5.92 Å². The molecule has 104 valence electrons. The average Bonchev–Trinajstić information content (AvgIpc) is 3.26. The molecule has 0 amide bonds. The summed E-state index contributed by atoms with van der Waals surface area (Å²) in [6, 6.07) is 1.98. The summed E-state index contributed by atoms with van der Waals surface area (Å²) in [6.45, 7) is 4.95. The van der Waals surface area contributed by atoms with Crippen LogP contribution in [0.4, 0.5) is 5.82 Å². The van der Waals surface area contributed by atoms with Crippen LogP contribution in [0.15, 0.2) is 22.9 Å². The van der Waals surface area contributed by atoms with Crippen molar-refractivity contribution in [3.8, 4) is 11.4 Å². The summed E-state index contributed by atoms with van der Waals surface area (Å²) in [4.78, 5) is 13.6. The Morgan fingerprint density at radius 1 is 1.35 bits per heavy atom. The molecule has 0 aliphatic heterocycles. The van der Waals surface area contributed by atoms with Crippen LogP contribution in [0.1, 0.15) is 36.9 Å². The lowest BCUT2D eigenvalue weighted by Crippen LogP contribution is -2.06. The molecule has 0 saturated heterocycles. The first-order chi connectivity index (χ1) is 9.70. The third-order valence-electron chi connectivity index (χ3n) is 3.45. The first-order valence-corrected chi connectivity index (χ1v) is 7.72. The first-order valence-electron chi connectivity index (χ1n) is 6.93. The molecular formula is C15H17BrN4. The van der Waals surface area contributed by atoms with E-state index in [-0.39, 0.29) is 0 Å². The summed E-state index contributed by atoms with van der Waals surface area (Å²) >= 11 is 3.65. The Labute approximate surface area is 127 Å². The highest BCUT2D eigenvalue weighted by molar-refractivity contribution is 9.10. The largest absolute Gasteiger partial charge is 0.369 e. The van der Waals surface area contributed by atoms with Crippen molar-refractivity contribution in [3.63, 3.8) is 0 Å². The quantitative estimate of drug-likeness (QED) is 0.921. The molecule has 5 heteroatoms. The number of aromatic nitrogens is 3. The van der Waals surface area contributed by atoms with E-state index in [1.165, 1.54) is 12.8 Å². The van der Waals surface area contributed by atoms with Crippen molar-refractivity contribution in [3.05, 3.63) is 34.2 Å². The third kappa shape index (κ3) is 2.54. The van der Waals surface area contributed by atoms with Crippen LogP contribution in [0.25, 0.3) is 11.4 Å². The van der Waals surface area contributed by atoms with Crippen LogP contribution in [-0.2, 0) is 0 Å². The van der Waals surface area contributed by atoms with Crippen LogP contribution in [0.2, 0.25) is 0 Å². The number of nitrogens with one attached hydrogen (secondary N) is 1. The number of hydrogen-bond donors (Lipinski definition) is 1. The molecule has 3 rings (SSSR count). The van der Waals surface area contributed by atoms with Crippen molar-refractivity contribution in [2.24, 2.45) is 0 Å². The maximum absolute atomic E-state index is 4.78. The number of rotatable bonds is 4. The minimum Gasteiger partial charge on any atom is -0.369 e. The Morgan fingerprint density at radius 3 is 2.80 bits per heavy atom. The molecule has 2 aromatic rings. The van der Waals surface area contributed by atoms with Crippen LogP contribution in [0, 0.1) is 6.92 Å². The smallest absolute Gasteiger partial charge is 0.162 e. The van der Waals surface area contributed by atoms with Gasteiger partial charge in [-0.05, 0) is 54.2 Å². The topological polar surface area (TPSA) is 50.7 Å². The molecular weight excluding hydrogens is 316 g/mol. The molecule has 0 bridgehead atoms. The first kappa shape index (κ1) is 13.5. The summed E-state index contributed by atoms with van der Waals surface area (Å²) in [5.74, 6) is 2.24. The molecule has 0 unspecified atom stereocenters. The number of aryl methyl sites for hydroxylation is 1. The maximum Gasteiger partial charge on any atom is 0.162 e. The SMILES string of the molecule is CCNc1nc(-c2ccncc2C)nc(C2CC2)c1Br. The molecule has 20 heavy (non-hydrogen) atoms. The standard InChI is InChI=1S/C15H17BrN4/c1-3-18-15-12(16)13(10-4-5-10)19-14(20-15)11-6-7-17-8-9(11)2/h6-8,10H,3-5H2,1-2H3,(H,18,19,20). The molecule has 4 nitrogen and oxygen atoms in total. The maximum atomic E-state index is 4.78. The van der Waals surface area contributed by atoms with E-state index in [1.807, 2.05) is 19.2 Å². The van der Waals surface area contributed by atoms with Crippen LogP contribution in [0.3, 0.4) is 0 Å². The van der Waals surface area contributed by atoms with Crippen LogP contribution in [-0.4, -0.2) is 21.5 Å². The van der Waals surface area contributed by atoms with Gasteiger partial charge in [-0.3, -0.25) is 4.98 Å². The summed E-state index contributed by atoms with van der Waals surface area (Å²) in [7, 11) is 0. The van der Waals surface area contributed by atoms with E-state index >= 15 is 0 Å². The van der Waals surface area contributed by atoms with Gasteiger partial charge in [0.2, 0.25) is 0 Å². The van der Waals surface area contributed by atoms with Gasteiger partial charge >= 0.3 is 0 Å². The molecule has 1 N–H and O–H groups in total. The zero-order valence-electron chi connectivity index (χ0n) is 11.7. The van der Waals surface area contributed by atoms with E-state index < -0.39 is 0 Å². The Balaban J connectivity index is 2.13. The zero-order chi connectivity index (χ0) is 14.1. The second kappa shape index (κ2) is 5.48. The van der Waals surface area contributed by atoms with Crippen molar-refractivity contribution in [2.75, 3.05) is 11.9 Å². The fourth-order valence-electron chi connectivity index (χ4n) is 2.22. The summed E-state index contributed by atoms with van der Waals surface area (Å²) in [5, 5.41) is 3.31. The highest BCUT2D eigenvalue weighted by Crippen LogP contribution is 2.44. The highest BCUT2D eigenvalue weighted by Gasteiger charge is 2.29. The third-order valence-corrected chi connectivity index (χ3v) is 4.23. The number of hydrogen-bond acceptors (Lipinski definition) is 4. The molecule has 0 aromatic carbocycles. The van der Waals surface area contributed by atoms with Crippen LogP contribution in [0.5, 0.6) is 0 Å². The fourth-order valence-corrected chi connectivity index (χ4v) is 2.86. The van der Waals surface area contributed by atoms with E-state index in [0.717, 1.165) is 39.5 Å². The van der Waals surface area contributed by atoms with Gasteiger partial charge in [0.1, 0.15) is 5.82 Å². The minimum absolute atomic E-state index is 0.575. The fraction of sp³-hybridized carbons (Fsp3) is 0.400. The predicted octanol–water partition coefficient (Wildman–Crippen LogP) is 3.92. The van der Waals surface area contributed by atoms with Crippen molar-refractivity contribution in [2.45, 2.75) is 32.6 Å². The molecule has 2 heterocycles. The van der Waals surface area contributed by atoms with Crippen molar-refractivity contribution in [1.82, 2.24) is 15.0 Å². The lowest BCUT2D eigenvalue weighted by Gasteiger charge is -2.12. The van der Waals surface area contributed by atoms with E-state index in [2.05, 4.69) is 38.1 Å². The predicted molar refractivity (Wildman–Crippen MR) is 83.8 cm³/mol. The van der Waals surface area contributed by atoms with Gasteiger partial charge in [-0.15, -0.1) is 0 Å². The van der Waals surface area contributed by atoms with E-state index in [1.54, 1.807) is 6.20 Å². The van der Waals surface area contributed by atoms with E-state index in [4.69, 9.17) is 4.98 Å². The van der Waals surface area contributed by atoms with E-state index in [9.17, 15) is 0 Å². The summed E-state index contributed by atoms with van der Waals surface area (Å²) in [6.07, 6.45) is 6.08. The van der Waals surface area contributed by atoms with Crippen molar-refractivity contribution >= 4 is 21.7 Å². The Hall–Kier alpha value is -1.49. The lowest BCUT2D eigenvalue weighted by atomic mass is 10.1. The van der Waals surface area contributed by atoms with Gasteiger partial charge in [0.25, 0.3) is 0 Å². The van der Waals surface area contributed by atoms with Gasteiger partial charge in [-0.25, -0.2) is 9.97 Å². The molecule has 0 radical (unpaired) electrons. The van der Waals surface area contributed by atoms with Gasteiger partial charge in [-0.2, -0.15) is 0 Å². The Kier molecular flexibility index (Phi) is 3.70. The van der Waals surface area contributed by atoms with Gasteiger partial charge in [0.15, 0.2) is 5.82 Å². The van der Waals surface area contributed by atoms with Gasteiger partial charge in [-0.1, -0.05) is 0 Å². The second-order valence-corrected chi connectivity index (χ2v) is 5.88. The van der Waals surface area contributed by atoms with Crippen molar-refractivity contribution < 1.29 is 0 Å². The average molecular weight is 333 g/mol. The molecule has 1 saturated carbocycles. The molecule has 1 aliphatic rings. The lowest BCUT2D eigenvalue weighted by molar-refractivity contribution is 0.971. The molecule has 0 spiro atoms. The molecule has 1 fully saturated rings. The molecule has 1 aliphatic carbocycles. The highest BCUT2D eigenvalue weighted by atomic mass is 79.9. The summed E-state index contributed by atoms with van der Waals surface area (Å²) in [5.41, 5.74) is 3.27. The number of halogens is 1. The zero-order valence-corrected chi connectivity index (χ0v) is 13.2. The van der Waals surface area contributed by atoms with Gasteiger partial charge in [0, 0.05) is 30.4 Å². The Bertz CT molecular complexity index is 638. The second-order valence-electron chi connectivity index (χ2n) is 5.09. The number of anilines is 1. The molecule has 0 atom stereocenters. The van der Waals surface area contributed by atoms with Crippen LogP contribution >= 0.6 is 15.9 Å². The molecule has 2 aromatic heterocycles. The monoisotopic (exact) mass is 332 g/mol. The Morgan fingerprint density at radius 2 is 2.15 bits per heavy atom. The summed E-state index contributed by atoms with van der Waals surface area (Å²) < 4.78 is 1.01. The number of pyridine rings is 1. The number of nitrogens with zero attached hydrogens (tertiary/aromatic N) is 3. The van der Waals surface area contributed by atoms with Crippen LogP contribution < -0.4 is 5.32 Å². The van der Waals surface area contributed by atoms with Gasteiger partial charge < -0.3 is 5.32 Å². The minimum atomic E-state index is 0.575. The van der Waals surface area contributed by atoms with Gasteiger partial charge in [0.05, 0.1) is 10.2 Å². The van der Waals surface area contributed by atoms with Crippen molar-refractivity contribution in [1.29, 1.82) is 0 Å².